The topological polar surface area (TPSA) is 62.2 Å². The molecule has 1 heterocycles. The zero-order valence-corrected chi connectivity index (χ0v) is 11.8. The van der Waals surface area contributed by atoms with Crippen LogP contribution in [0.1, 0.15) is 28.5 Å². The number of hydrogen-bond donors (Lipinski definition) is 2. The number of benzene rings is 1. The number of rotatable bonds is 4. The van der Waals surface area contributed by atoms with E-state index in [1.807, 2.05) is 6.92 Å². The first-order chi connectivity index (χ1) is 9.58. The monoisotopic (exact) mass is 290 g/mol. The van der Waals surface area contributed by atoms with Crippen molar-refractivity contribution in [3.63, 3.8) is 0 Å². The minimum Gasteiger partial charge on any atom is -0.508 e. The fraction of sp³-hybridized carbons (Fsp3) is 0.200. The van der Waals surface area contributed by atoms with Gasteiger partial charge in [-0.3, -0.25) is 4.79 Å². The number of pyridine rings is 1. The molecule has 0 saturated carbocycles. The van der Waals surface area contributed by atoms with Crippen LogP contribution in [-0.4, -0.2) is 16.0 Å². The van der Waals surface area contributed by atoms with Gasteiger partial charge in [0.2, 0.25) is 0 Å². The normalized spacial score (nSPS) is 10.3. The second-order valence-corrected chi connectivity index (χ2v) is 4.76. The standard InChI is InChI=1S/C15H15ClN2O2/c1-2-12-7-11(8-14(16)18-12)15(20)17-9-10-3-5-13(19)6-4-10/h3-8,19H,2,9H2,1H3,(H,17,20). The number of aryl methyl sites for hydroxylation is 1. The van der Waals surface area contributed by atoms with Crippen LogP contribution in [0.2, 0.25) is 5.15 Å². The zero-order chi connectivity index (χ0) is 14.5. The Morgan fingerprint density at radius 3 is 2.65 bits per heavy atom. The van der Waals surface area contributed by atoms with E-state index in [-0.39, 0.29) is 11.7 Å². The third kappa shape index (κ3) is 3.71. The second kappa shape index (κ2) is 6.39. The Labute approximate surface area is 122 Å². The maximum atomic E-state index is 12.1. The molecule has 20 heavy (non-hydrogen) atoms. The highest BCUT2D eigenvalue weighted by Gasteiger charge is 2.08. The third-order valence-electron chi connectivity index (χ3n) is 2.86. The predicted octanol–water partition coefficient (Wildman–Crippen LogP) is 2.93. The van der Waals surface area contributed by atoms with Gasteiger partial charge in [-0.15, -0.1) is 0 Å². The predicted molar refractivity (Wildman–Crippen MR) is 77.9 cm³/mol. The van der Waals surface area contributed by atoms with Crippen molar-refractivity contribution < 1.29 is 9.90 Å². The average molecular weight is 291 g/mol. The van der Waals surface area contributed by atoms with Gasteiger partial charge in [-0.05, 0) is 36.2 Å². The summed E-state index contributed by atoms with van der Waals surface area (Å²) >= 11 is 5.89. The van der Waals surface area contributed by atoms with E-state index < -0.39 is 0 Å². The second-order valence-electron chi connectivity index (χ2n) is 4.37. The van der Waals surface area contributed by atoms with Crippen molar-refractivity contribution >= 4 is 17.5 Å². The first kappa shape index (κ1) is 14.3. The number of nitrogens with one attached hydrogen (secondary N) is 1. The smallest absolute Gasteiger partial charge is 0.251 e. The Kier molecular flexibility index (Phi) is 4.58. The highest BCUT2D eigenvalue weighted by atomic mass is 35.5. The summed E-state index contributed by atoms with van der Waals surface area (Å²) in [5.41, 5.74) is 2.19. The van der Waals surface area contributed by atoms with Crippen molar-refractivity contribution in [2.45, 2.75) is 19.9 Å². The number of phenols is 1. The Morgan fingerprint density at radius 1 is 1.30 bits per heavy atom. The fourth-order valence-corrected chi connectivity index (χ4v) is 1.99. The Morgan fingerprint density at radius 2 is 2.00 bits per heavy atom. The molecule has 1 aromatic carbocycles. The Balaban J connectivity index is 2.04. The number of hydrogen-bond acceptors (Lipinski definition) is 3. The highest BCUT2D eigenvalue weighted by molar-refractivity contribution is 6.29. The molecule has 0 atom stereocenters. The minimum atomic E-state index is -0.197. The fourth-order valence-electron chi connectivity index (χ4n) is 1.76. The summed E-state index contributed by atoms with van der Waals surface area (Å²) in [6.07, 6.45) is 0.721. The van der Waals surface area contributed by atoms with E-state index in [1.165, 1.54) is 0 Å². The molecule has 0 aliphatic carbocycles. The van der Waals surface area contributed by atoms with Crippen LogP contribution in [0.4, 0.5) is 0 Å². The number of carbonyl (C=O) groups excluding carboxylic acids is 1. The molecule has 0 spiro atoms. The van der Waals surface area contributed by atoms with Crippen LogP contribution >= 0.6 is 11.6 Å². The maximum absolute atomic E-state index is 12.1. The van der Waals surface area contributed by atoms with Gasteiger partial charge in [0.15, 0.2) is 0 Å². The molecule has 0 aliphatic heterocycles. The lowest BCUT2D eigenvalue weighted by Crippen LogP contribution is -2.23. The van der Waals surface area contributed by atoms with E-state index in [0.717, 1.165) is 17.7 Å². The summed E-state index contributed by atoms with van der Waals surface area (Å²) in [6.45, 7) is 2.34. The largest absolute Gasteiger partial charge is 0.508 e. The molecule has 1 amide bonds. The quantitative estimate of drug-likeness (QED) is 0.851. The van der Waals surface area contributed by atoms with Gasteiger partial charge in [-0.1, -0.05) is 30.7 Å². The zero-order valence-electron chi connectivity index (χ0n) is 11.1. The van der Waals surface area contributed by atoms with Gasteiger partial charge in [0.1, 0.15) is 10.9 Å². The number of aromatic hydroxyl groups is 1. The molecule has 104 valence electrons. The summed E-state index contributed by atoms with van der Waals surface area (Å²) in [4.78, 5) is 16.2. The van der Waals surface area contributed by atoms with E-state index >= 15 is 0 Å². The van der Waals surface area contributed by atoms with Crippen LogP contribution < -0.4 is 5.32 Å². The molecular formula is C15H15ClN2O2. The van der Waals surface area contributed by atoms with E-state index in [4.69, 9.17) is 11.6 Å². The summed E-state index contributed by atoms with van der Waals surface area (Å²) in [7, 11) is 0. The number of amides is 1. The third-order valence-corrected chi connectivity index (χ3v) is 3.05. The van der Waals surface area contributed by atoms with Crippen molar-refractivity contribution in [2.75, 3.05) is 0 Å². The molecule has 2 aromatic rings. The summed E-state index contributed by atoms with van der Waals surface area (Å²) in [5, 5.41) is 12.3. The molecule has 4 nitrogen and oxygen atoms in total. The van der Waals surface area contributed by atoms with Crippen molar-refractivity contribution in [1.29, 1.82) is 0 Å². The summed E-state index contributed by atoms with van der Waals surface area (Å²) < 4.78 is 0. The number of halogens is 1. The van der Waals surface area contributed by atoms with Crippen molar-refractivity contribution in [1.82, 2.24) is 10.3 Å². The van der Waals surface area contributed by atoms with Crippen molar-refractivity contribution in [3.05, 3.63) is 58.4 Å². The Hall–Kier alpha value is -2.07. The van der Waals surface area contributed by atoms with Gasteiger partial charge in [0.25, 0.3) is 5.91 Å². The lowest BCUT2D eigenvalue weighted by Gasteiger charge is -2.07. The van der Waals surface area contributed by atoms with Gasteiger partial charge < -0.3 is 10.4 Å². The van der Waals surface area contributed by atoms with Crippen molar-refractivity contribution in [2.24, 2.45) is 0 Å². The molecule has 0 radical (unpaired) electrons. The van der Waals surface area contributed by atoms with Gasteiger partial charge in [0.05, 0.1) is 0 Å². The van der Waals surface area contributed by atoms with E-state index in [0.29, 0.717) is 17.3 Å². The van der Waals surface area contributed by atoms with Gasteiger partial charge in [-0.25, -0.2) is 4.98 Å². The van der Waals surface area contributed by atoms with Crippen molar-refractivity contribution in [3.8, 4) is 5.75 Å². The molecule has 0 aliphatic rings. The first-order valence-corrected chi connectivity index (χ1v) is 6.69. The molecule has 2 N–H and O–H groups in total. The van der Waals surface area contributed by atoms with E-state index in [2.05, 4.69) is 10.3 Å². The lowest BCUT2D eigenvalue weighted by molar-refractivity contribution is 0.0950. The molecule has 0 fully saturated rings. The number of nitrogens with zero attached hydrogens (tertiary/aromatic N) is 1. The van der Waals surface area contributed by atoms with Gasteiger partial charge in [-0.2, -0.15) is 0 Å². The van der Waals surface area contributed by atoms with Gasteiger partial charge in [0, 0.05) is 17.8 Å². The molecule has 0 saturated heterocycles. The maximum Gasteiger partial charge on any atom is 0.251 e. The first-order valence-electron chi connectivity index (χ1n) is 6.31. The number of aromatic nitrogens is 1. The molecule has 0 bridgehead atoms. The van der Waals surface area contributed by atoms with Crippen LogP contribution in [0.25, 0.3) is 0 Å². The Bertz CT molecular complexity index is 612. The molecule has 2 rings (SSSR count). The number of carbonyl (C=O) groups is 1. The van der Waals surface area contributed by atoms with Crippen LogP contribution in [-0.2, 0) is 13.0 Å². The highest BCUT2D eigenvalue weighted by Crippen LogP contribution is 2.12. The average Bonchev–Trinajstić information content (AvgIpc) is 2.45. The van der Waals surface area contributed by atoms with Crippen LogP contribution in [0, 0.1) is 0 Å². The SMILES string of the molecule is CCc1cc(C(=O)NCc2ccc(O)cc2)cc(Cl)n1. The van der Waals surface area contributed by atoms with Crippen LogP contribution in [0.5, 0.6) is 5.75 Å². The minimum absolute atomic E-state index is 0.197. The van der Waals surface area contributed by atoms with E-state index in [9.17, 15) is 9.90 Å². The summed E-state index contributed by atoms with van der Waals surface area (Å²) in [5.74, 6) is 0.00524. The van der Waals surface area contributed by atoms with E-state index in [1.54, 1.807) is 36.4 Å². The molecule has 1 aromatic heterocycles. The lowest BCUT2D eigenvalue weighted by atomic mass is 10.1. The molecular weight excluding hydrogens is 276 g/mol. The van der Waals surface area contributed by atoms with Gasteiger partial charge >= 0.3 is 0 Å². The summed E-state index contributed by atoms with van der Waals surface area (Å²) in [6, 6.07) is 9.96. The molecule has 5 heteroatoms. The van der Waals surface area contributed by atoms with Crippen LogP contribution in [0.3, 0.4) is 0 Å². The van der Waals surface area contributed by atoms with Crippen LogP contribution in [0.15, 0.2) is 36.4 Å². The number of phenolic OH excluding ortho intramolecular Hbond substituents is 1. The molecule has 0 unspecified atom stereocenters.